The first-order chi connectivity index (χ1) is 13.0. The molecule has 5 nitrogen and oxygen atoms in total. The van der Waals surface area contributed by atoms with E-state index in [1.54, 1.807) is 23.1 Å². The number of nitrogens with zero attached hydrogens (tertiary/aromatic N) is 2. The maximum absolute atomic E-state index is 12.9. The summed E-state index contributed by atoms with van der Waals surface area (Å²) in [6.07, 6.45) is 1.74. The monoisotopic (exact) mass is 383 g/mol. The Bertz CT molecular complexity index is 1010. The summed E-state index contributed by atoms with van der Waals surface area (Å²) < 4.78 is 0. The molecule has 0 aliphatic rings. The molecule has 0 saturated carbocycles. The molecule has 3 aromatic rings. The molecule has 0 bridgehead atoms. The second-order valence-electron chi connectivity index (χ2n) is 6.45. The molecule has 0 atom stereocenters. The van der Waals surface area contributed by atoms with Crippen molar-refractivity contribution in [2.24, 2.45) is 0 Å². The fourth-order valence-electron chi connectivity index (χ4n) is 3.00. The Kier molecular flexibility index (Phi) is 5.91. The van der Waals surface area contributed by atoms with E-state index in [1.165, 1.54) is 5.56 Å². The molecule has 0 saturated heterocycles. The van der Waals surface area contributed by atoms with Crippen LogP contribution in [0.15, 0.2) is 47.3 Å². The zero-order valence-electron chi connectivity index (χ0n) is 15.5. The molecule has 0 radical (unpaired) electrons. The number of H-pyrrole nitrogens is 1. The van der Waals surface area contributed by atoms with Crippen LogP contribution in [-0.4, -0.2) is 27.3 Å². The van der Waals surface area contributed by atoms with Gasteiger partial charge in [-0.05, 0) is 48.7 Å². The Morgan fingerprint density at radius 1 is 1.15 bits per heavy atom. The lowest BCUT2D eigenvalue weighted by molar-refractivity contribution is 0.0739. The van der Waals surface area contributed by atoms with E-state index in [2.05, 4.69) is 16.9 Å². The molecule has 6 heteroatoms. The zero-order chi connectivity index (χ0) is 19.4. The number of hydrogen-bond donors (Lipinski definition) is 1. The lowest BCUT2D eigenvalue weighted by Gasteiger charge is -2.22. The van der Waals surface area contributed by atoms with Gasteiger partial charge in [-0.1, -0.05) is 37.6 Å². The number of rotatable bonds is 6. The molecule has 0 aliphatic carbocycles. The Morgan fingerprint density at radius 2 is 1.89 bits per heavy atom. The minimum absolute atomic E-state index is 0.0756. The van der Waals surface area contributed by atoms with Crippen molar-refractivity contribution >= 4 is 28.4 Å². The van der Waals surface area contributed by atoms with Gasteiger partial charge in [0.2, 0.25) is 0 Å². The first-order valence-electron chi connectivity index (χ1n) is 9.08. The molecule has 1 amide bonds. The maximum atomic E-state index is 12.9. The first-order valence-corrected chi connectivity index (χ1v) is 9.46. The highest BCUT2D eigenvalue weighted by molar-refractivity contribution is 6.31. The second kappa shape index (κ2) is 8.35. The highest BCUT2D eigenvalue weighted by atomic mass is 35.5. The first kappa shape index (κ1) is 19.1. The number of halogens is 1. The van der Waals surface area contributed by atoms with E-state index in [0.29, 0.717) is 33.9 Å². The minimum Gasteiger partial charge on any atom is -0.331 e. The van der Waals surface area contributed by atoms with Crippen LogP contribution in [0, 0.1) is 0 Å². The average Bonchev–Trinajstić information content (AvgIpc) is 2.67. The van der Waals surface area contributed by atoms with Crippen molar-refractivity contribution < 1.29 is 4.79 Å². The normalized spacial score (nSPS) is 10.9. The van der Waals surface area contributed by atoms with Gasteiger partial charge in [0.05, 0.1) is 17.4 Å². The number of carbonyl (C=O) groups excluding carboxylic acids is 1. The fourth-order valence-corrected chi connectivity index (χ4v) is 3.17. The summed E-state index contributed by atoms with van der Waals surface area (Å²) in [5, 5.41) is 0.996. The topological polar surface area (TPSA) is 66.1 Å². The molecular weight excluding hydrogens is 362 g/mol. The van der Waals surface area contributed by atoms with Crippen LogP contribution in [0.25, 0.3) is 10.9 Å². The zero-order valence-corrected chi connectivity index (χ0v) is 16.2. The Morgan fingerprint density at radius 3 is 2.56 bits per heavy atom. The van der Waals surface area contributed by atoms with Crippen LogP contribution in [0.3, 0.4) is 0 Å². The Hall–Kier alpha value is -2.66. The van der Waals surface area contributed by atoms with Gasteiger partial charge in [0.25, 0.3) is 11.5 Å². The molecule has 2 aromatic carbocycles. The van der Waals surface area contributed by atoms with Crippen LogP contribution >= 0.6 is 11.6 Å². The van der Waals surface area contributed by atoms with Gasteiger partial charge in [0.1, 0.15) is 5.82 Å². The van der Waals surface area contributed by atoms with Gasteiger partial charge < -0.3 is 9.88 Å². The van der Waals surface area contributed by atoms with Crippen molar-refractivity contribution in [2.75, 3.05) is 6.54 Å². The van der Waals surface area contributed by atoms with Crippen molar-refractivity contribution in [3.63, 3.8) is 0 Å². The number of aromatic nitrogens is 2. The summed E-state index contributed by atoms with van der Waals surface area (Å²) in [6.45, 7) is 4.90. The third-order valence-electron chi connectivity index (χ3n) is 4.45. The number of hydrogen-bond acceptors (Lipinski definition) is 3. The predicted octanol–water partition coefficient (Wildman–Crippen LogP) is 4.19. The molecule has 1 aromatic heterocycles. The summed E-state index contributed by atoms with van der Waals surface area (Å²) in [5.41, 5.74) is 2.11. The van der Waals surface area contributed by atoms with Crippen molar-refractivity contribution in [3.8, 4) is 0 Å². The highest BCUT2D eigenvalue weighted by Crippen LogP contribution is 2.16. The summed E-state index contributed by atoms with van der Waals surface area (Å²) in [5.74, 6) is 0.370. The van der Waals surface area contributed by atoms with Crippen LogP contribution in [0.5, 0.6) is 0 Å². The van der Waals surface area contributed by atoms with E-state index >= 15 is 0 Å². The smallest absolute Gasteiger partial charge is 0.258 e. The second-order valence-corrected chi connectivity index (χ2v) is 6.89. The molecule has 0 spiro atoms. The van der Waals surface area contributed by atoms with Crippen LogP contribution in [0.2, 0.25) is 5.02 Å². The van der Waals surface area contributed by atoms with Crippen molar-refractivity contribution in [1.29, 1.82) is 0 Å². The number of amides is 1. The quantitative estimate of drug-likeness (QED) is 0.694. The Balaban J connectivity index is 1.90. The average molecular weight is 384 g/mol. The van der Waals surface area contributed by atoms with Gasteiger partial charge >= 0.3 is 0 Å². The van der Waals surface area contributed by atoms with Gasteiger partial charge in [-0.2, -0.15) is 0 Å². The number of nitrogens with one attached hydrogen (secondary N) is 1. The molecule has 0 fully saturated rings. The molecule has 1 N–H and O–H groups in total. The van der Waals surface area contributed by atoms with E-state index in [9.17, 15) is 9.59 Å². The number of aromatic amines is 1. The molecule has 140 valence electrons. The molecule has 1 heterocycles. The van der Waals surface area contributed by atoms with E-state index < -0.39 is 0 Å². The van der Waals surface area contributed by atoms with Crippen LogP contribution in [0.1, 0.15) is 42.0 Å². The largest absolute Gasteiger partial charge is 0.331 e. The molecule has 0 unspecified atom stereocenters. The van der Waals surface area contributed by atoms with Crippen LogP contribution < -0.4 is 5.56 Å². The van der Waals surface area contributed by atoms with Crippen molar-refractivity contribution in [1.82, 2.24) is 14.9 Å². The molecule has 3 rings (SSSR count). The van der Waals surface area contributed by atoms with Gasteiger partial charge in [-0.25, -0.2) is 4.98 Å². The highest BCUT2D eigenvalue weighted by Gasteiger charge is 2.17. The van der Waals surface area contributed by atoms with E-state index in [4.69, 9.17) is 11.6 Å². The SMILES string of the molecule is CCCN(Cc1nc2cc(Cl)ccc2c(=O)[nH]1)C(=O)c1ccc(CC)cc1. The number of fused-ring (bicyclic) bond motifs is 1. The molecule has 0 aliphatic heterocycles. The van der Waals surface area contributed by atoms with Crippen LogP contribution in [-0.2, 0) is 13.0 Å². The predicted molar refractivity (Wildman–Crippen MR) is 108 cm³/mol. The summed E-state index contributed by atoms with van der Waals surface area (Å²) >= 11 is 6.02. The fraction of sp³-hybridized carbons (Fsp3) is 0.286. The van der Waals surface area contributed by atoms with Crippen molar-refractivity contribution in [3.05, 3.63) is 74.8 Å². The van der Waals surface area contributed by atoms with Crippen molar-refractivity contribution in [2.45, 2.75) is 33.2 Å². The number of carbonyl (C=O) groups is 1. The summed E-state index contributed by atoms with van der Waals surface area (Å²) in [4.78, 5) is 34.2. The Labute approximate surface area is 163 Å². The summed E-state index contributed by atoms with van der Waals surface area (Å²) in [7, 11) is 0. The van der Waals surface area contributed by atoms with Gasteiger partial charge in [0, 0.05) is 17.1 Å². The molecular formula is C21H22ClN3O2. The van der Waals surface area contributed by atoms with Gasteiger partial charge in [-0.15, -0.1) is 0 Å². The van der Waals surface area contributed by atoms with E-state index in [1.807, 2.05) is 31.2 Å². The molecule has 27 heavy (non-hydrogen) atoms. The van der Waals surface area contributed by atoms with E-state index in [-0.39, 0.29) is 18.0 Å². The standard InChI is InChI=1S/C21H22ClN3O2/c1-3-11-25(21(27)15-7-5-14(4-2)6-8-15)13-19-23-18-12-16(22)9-10-17(18)20(26)24-19/h5-10,12H,3-4,11,13H2,1-2H3,(H,23,24,26). The minimum atomic E-state index is -0.233. The maximum Gasteiger partial charge on any atom is 0.258 e. The van der Waals surface area contributed by atoms with Gasteiger partial charge in [0.15, 0.2) is 0 Å². The van der Waals surface area contributed by atoms with Gasteiger partial charge in [-0.3, -0.25) is 9.59 Å². The lowest BCUT2D eigenvalue weighted by Crippen LogP contribution is -2.32. The lowest BCUT2D eigenvalue weighted by atomic mass is 10.1. The van der Waals surface area contributed by atoms with E-state index in [0.717, 1.165) is 12.8 Å². The third-order valence-corrected chi connectivity index (χ3v) is 4.68. The number of aryl methyl sites for hydroxylation is 1. The van der Waals surface area contributed by atoms with Crippen LogP contribution in [0.4, 0.5) is 0 Å². The third kappa shape index (κ3) is 4.37. The summed E-state index contributed by atoms with van der Waals surface area (Å²) in [6, 6.07) is 12.6. The number of benzene rings is 2.